The molecular weight excluding hydrogens is 338 g/mol. The SMILES string of the molecule is CCN1CCCC1CN(CC1CCN(CCOC)CC1)C(=O)C1=CCCC1. The van der Waals surface area contributed by atoms with Crippen molar-refractivity contribution in [1.82, 2.24) is 14.7 Å². The minimum absolute atomic E-state index is 0.331. The topological polar surface area (TPSA) is 36.0 Å². The van der Waals surface area contributed by atoms with Crippen LogP contribution in [0.2, 0.25) is 0 Å². The van der Waals surface area contributed by atoms with Crippen LogP contribution in [0.3, 0.4) is 0 Å². The molecule has 2 fully saturated rings. The summed E-state index contributed by atoms with van der Waals surface area (Å²) < 4.78 is 5.21. The number of nitrogens with zero attached hydrogens (tertiary/aromatic N) is 3. The number of hydrogen-bond donors (Lipinski definition) is 0. The molecule has 5 nitrogen and oxygen atoms in total. The Kier molecular flexibility index (Phi) is 8.16. The van der Waals surface area contributed by atoms with Gasteiger partial charge in [0.05, 0.1) is 6.61 Å². The maximum atomic E-state index is 13.2. The van der Waals surface area contributed by atoms with Crippen LogP contribution in [-0.2, 0) is 9.53 Å². The lowest BCUT2D eigenvalue weighted by Gasteiger charge is -2.37. The minimum Gasteiger partial charge on any atom is -0.383 e. The summed E-state index contributed by atoms with van der Waals surface area (Å²) in [6, 6.07) is 0.558. The lowest BCUT2D eigenvalue weighted by molar-refractivity contribution is -0.128. The van der Waals surface area contributed by atoms with Crippen molar-refractivity contribution < 1.29 is 9.53 Å². The van der Waals surface area contributed by atoms with Gasteiger partial charge in [-0.15, -0.1) is 0 Å². The minimum atomic E-state index is 0.331. The first-order chi connectivity index (χ1) is 13.2. The zero-order valence-corrected chi connectivity index (χ0v) is 17.5. The summed E-state index contributed by atoms with van der Waals surface area (Å²) >= 11 is 0. The van der Waals surface area contributed by atoms with E-state index in [0.29, 0.717) is 17.9 Å². The fourth-order valence-electron chi connectivity index (χ4n) is 5.01. The van der Waals surface area contributed by atoms with E-state index in [1.807, 2.05) is 0 Å². The molecule has 154 valence electrons. The van der Waals surface area contributed by atoms with Gasteiger partial charge in [-0.05, 0) is 77.0 Å². The first kappa shape index (κ1) is 20.8. The molecule has 0 N–H and O–H groups in total. The van der Waals surface area contributed by atoms with E-state index in [2.05, 4.69) is 27.7 Å². The van der Waals surface area contributed by atoms with E-state index in [1.54, 1.807) is 7.11 Å². The molecule has 0 spiro atoms. The summed E-state index contributed by atoms with van der Waals surface area (Å²) in [5.41, 5.74) is 1.08. The van der Waals surface area contributed by atoms with Crippen molar-refractivity contribution in [3.05, 3.63) is 11.6 Å². The Morgan fingerprint density at radius 1 is 1.19 bits per heavy atom. The maximum absolute atomic E-state index is 13.2. The third-order valence-electron chi connectivity index (χ3n) is 6.74. The molecular formula is C22H39N3O2. The van der Waals surface area contributed by atoms with Gasteiger partial charge in [0.15, 0.2) is 0 Å². The molecule has 1 unspecified atom stereocenters. The van der Waals surface area contributed by atoms with Gasteiger partial charge in [-0.25, -0.2) is 0 Å². The van der Waals surface area contributed by atoms with Crippen LogP contribution in [0.5, 0.6) is 0 Å². The number of ether oxygens (including phenoxy) is 1. The van der Waals surface area contributed by atoms with Crippen molar-refractivity contribution in [2.45, 2.75) is 57.9 Å². The summed E-state index contributed by atoms with van der Waals surface area (Å²) in [5.74, 6) is 0.975. The van der Waals surface area contributed by atoms with E-state index in [9.17, 15) is 4.79 Å². The highest BCUT2D eigenvalue weighted by molar-refractivity contribution is 5.93. The predicted octanol–water partition coefficient (Wildman–Crippen LogP) is 2.77. The van der Waals surface area contributed by atoms with E-state index in [-0.39, 0.29) is 0 Å². The van der Waals surface area contributed by atoms with Crippen LogP contribution < -0.4 is 0 Å². The van der Waals surface area contributed by atoms with Crippen LogP contribution in [0.1, 0.15) is 51.9 Å². The molecule has 0 aromatic heterocycles. The molecule has 3 rings (SSSR count). The summed E-state index contributed by atoms with van der Waals surface area (Å²) in [4.78, 5) is 20.5. The number of piperidine rings is 1. The van der Waals surface area contributed by atoms with Gasteiger partial charge in [0, 0.05) is 38.4 Å². The second kappa shape index (κ2) is 10.6. The molecule has 1 aliphatic carbocycles. The van der Waals surface area contributed by atoms with Crippen LogP contribution in [-0.4, -0.2) is 86.2 Å². The Morgan fingerprint density at radius 3 is 2.67 bits per heavy atom. The smallest absolute Gasteiger partial charge is 0.249 e. The second-order valence-corrected chi connectivity index (χ2v) is 8.53. The summed E-state index contributed by atoms with van der Waals surface area (Å²) in [6.45, 7) is 10.6. The van der Waals surface area contributed by atoms with Crippen LogP contribution in [0, 0.1) is 5.92 Å². The summed E-state index contributed by atoms with van der Waals surface area (Å²) in [6.07, 6.45) is 10.3. The molecule has 2 aliphatic heterocycles. The Bertz CT molecular complexity index is 500. The molecule has 0 saturated carbocycles. The standard InChI is InChI=1S/C22H39N3O2/c1-3-24-12-6-9-21(24)18-25(22(26)20-7-4-5-8-20)17-19-10-13-23(14-11-19)15-16-27-2/h7,19,21H,3-6,8-18H2,1-2H3. The average molecular weight is 378 g/mol. The van der Waals surface area contributed by atoms with Crippen LogP contribution in [0.25, 0.3) is 0 Å². The number of allylic oxidation sites excluding steroid dienone is 1. The lowest BCUT2D eigenvalue weighted by Crippen LogP contribution is -2.47. The first-order valence-corrected chi connectivity index (χ1v) is 11.1. The average Bonchev–Trinajstić information content (AvgIpc) is 3.38. The Hall–Kier alpha value is -0.910. The fourth-order valence-corrected chi connectivity index (χ4v) is 5.01. The van der Waals surface area contributed by atoms with Crippen molar-refractivity contribution >= 4 is 5.91 Å². The predicted molar refractivity (Wildman–Crippen MR) is 110 cm³/mol. The van der Waals surface area contributed by atoms with Gasteiger partial charge in [-0.3, -0.25) is 9.69 Å². The number of likely N-dealkylation sites (N-methyl/N-ethyl adjacent to an activating group) is 1. The zero-order valence-electron chi connectivity index (χ0n) is 17.5. The van der Waals surface area contributed by atoms with E-state index < -0.39 is 0 Å². The lowest BCUT2D eigenvalue weighted by atomic mass is 9.95. The quantitative estimate of drug-likeness (QED) is 0.619. The molecule has 0 bridgehead atoms. The van der Waals surface area contributed by atoms with Crippen molar-refractivity contribution in [1.29, 1.82) is 0 Å². The van der Waals surface area contributed by atoms with E-state index in [4.69, 9.17) is 4.74 Å². The van der Waals surface area contributed by atoms with Crippen molar-refractivity contribution in [2.75, 3.05) is 59.5 Å². The number of hydrogen-bond acceptors (Lipinski definition) is 4. The van der Waals surface area contributed by atoms with Gasteiger partial charge < -0.3 is 14.5 Å². The number of likely N-dealkylation sites (tertiary alicyclic amines) is 2. The fraction of sp³-hybridized carbons (Fsp3) is 0.864. The molecule has 1 amide bonds. The van der Waals surface area contributed by atoms with Crippen molar-refractivity contribution in [2.24, 2.45) is 5.92 Å². The Labute approximate surface area is 165 Å². The molecule has 0 aromatic carbocycles. The monoisotopic (exact) mass is 377 g/mol. The second-order valence-electron chi connectivity index (χ2n) is 8.53. The highest BCUT2D eigenvalue weighted by atomic mass is 16.5. The normalized spacial score (nSPS) is 25.1. The summed E-state index contributed by atoms with van der Waals surface area (Å²) in [7, 11) is 1.77. The van der Waals surface area contributed by atoms with Gasteiger partial charge in [-0.2, -0.15) is 0 Å². The van der Waals surface area contributed by atoms with Crippen LogP contribution >= 0.6 is 0 Å². The number of carbonyl (C=O) groups excluding carboxylic acids is 1. The number of amides is 1. The Balaban J connectivity index is 1.57. The zero-order chi connectivity index (χ0) is 19.1. The molecule has 27 heavy (non-hydrogen) atoms. The molecule has 1 atom stereocenters. The molecule has 2 saturated heterocycles. The van der Waals surface area contributed by atoms with Gasteiger partial charge in [0.1, 0.15) is 0 Å². The third kappa shape index (κ3) is 5.78. The third-order valence-corrected chi connectivity index (χ3v) is 6.74. The summed E-state index contributed by atoms with van der Waals surface area (Å²) in [5, 5.41) is 0. The van der Waals surface area contributed by atoms with Gasteiger partial charge in [-0.1, -0.05) is 13.0 Å². The molecule has 0 aromatic rings. The molecule has 3 aliphatic rings. The largest absolute Gasteiger partial charge is 0.383 e. The Morgan fingerprint density at radius 2 is 2.00 bits per heavy atom. The van der Waals surface area contributed by atoms with Gasteiger partial charge in [0.2, 0.25) is 5.91 Å². The van der Waals surface area contributed by atoms with E-state index in [1.165, 1.54) is 32.2 Å². The van der Waals surface area contributed by atoms with E-state index >= 15 is 0 Å². The number of methoxy groups -OCH3 is 1. The molecule has 2 heterocycles. The highest BCUT2D eigenvalue weighted by Gasteiger charge is 2.31. The number of rotatable bonds is 9. The maximum Gasteiger partial charge on any atom is 0.249 e. The molecule has 5 heteroatoms. The van der Waals surface area contributed by atoms with Gasteiger partial charge >= 0.3 is 0 Å². The molecule has 0 radical (unpaired) electrons. The van der Waals surface area contributed by atoms with Gasteiger partial charge in [0.25, 0.3) is 0 Å². The first-order valence-electron chi connectivity index (χ1n) is 11.1. The van der Waals surface area contributed by atoms with Crippen LogP contribution in [0.4, 0.5) is 0 Å². The van der Waals surface area contributed by atoms with Crippen molar-refractivity contribution in [3.8, 4) is 0 Å². The van der Waals surface area contributed by atoms with Crippen LogP contribution in [0.15, 0.2) is 11.6 Å². The highest BCUT2D eigenvalue weighted by Crippen LogP contribution is 2.25. The van der Waals surface area contributed by atoms with E-state index in [0.717, 1.165) is 70.7 Å². The van der Waals surface area contributed by atoms with Crippen molar-refractivity contribution in [3.63, 3.8) is 0 Å². The number of carbonyl (C=O) groups is 1.